The van der Waals surface area contributed by atoms with E-state index in [9.17, 15) is 39.3 Å². The van der Waals surface area contributed by atoms with Crippen molar-refractivity contribution in [2.75, 3.05) is 84.8 Å². The van der Waals surface area contributed by atoms with E-state index in [4.69, 9.17) is 33.2 Å². The minimum absolute atomic E-state index is 0.0128. The Balaban J connectivity index is 1.39. The second kappa shape index (κ2) is 18.9. The minimum Gasteiger partial charge on any atom is -0.504 e. The molecule has 5 aromatic carbocycles. The fraction of sp³-hybridized carbons (Fsp3) is 0.490. The Morgan fingerprint density at radius 1 is 0.667 bits per heavy atom. The van der Waals surface area contributed by atoms with Crippen LogP contribution in [0.4, 0.5) is 11.4 Å². The van der Waals surface area contributed by atoms with Crippen LogP contribution in [0.1, 0.15) is 80.5 Å². The number of hydrogen-bond acceptors (Lipinski definition) is 17. The zero-order valence-corrected chi connectivity index (χ0v) is 37.9. The van der Waals surface area contributed by atoms with E-state index in [1.807, 2.05) is 6.08 Å². The first-order chi connectivity index (χ1) is 31.8. The normalized spacial score (nSPS) is 16.8. The van der Waals surface area contributed by atoms with Gasteiger partial charge in [-0.05, 0) is 78.9 Å². The molecule has 0 bridgehead atoms. The molecule has 0 spiro atoms. The predicted octanol–water partition coefficient (Wildman–Crippen LogP) is 4.77. The van der Waals surface area contributed by atoms with Crippen LogP contribution in [0, 0.1) is 0 Å². The number of rotatable bonds is 24. The third-order valence-electron chi connectivity index (χ3n) is 13.1. The van der Waals surface area contributed by atoms with Gasteiger partial charge in [0.1, 0.15) is 19.0 Å². The average Bonchev–Trinajstić information content (AvgIpc) is 4.24. The van der Waals surface area contributed by atoms with Gasteiger partial charge in [0.25, 0.3) is 0 Å². The van der Waals surface area contributed by atoms with Gasteiger partial charge < -0.3 is 59.1 Å². The van der Waals surface area contributed by atoms with Crippen LogP contribution < -0.4 is 26.2 Å². The topological polar surface area (TPSA) is 235 Å². The van der Waals surface area contributed by atoms with Crippen molar-refractivity contribution < 1.29 is 62.9 Å². The SMILES string of the molecule is COCCOCCC(=O)OCC1(Nc2c(NC3(COC(=O)CCOCCOC)CC3)c3c(=O)cc(CO)c4c5c(CO)cc(=O)c6c(O)c(OC)c7c(c(c2C=C(C)C7C(C)=O)c34)c65)CC1. The summed E-state index contributed by atoms with van der Waals surface area (Å²) >= 11 is 0. The lowest BCUT2D eigenvalue weighted by Gasteiger charge is -2.30. The van der Waals surface area contributed by atoms with E-state index < -0.39 is 58.8 Å². The van der Waals surface area contributed by atoms with Gasteiger partial charge in [-0.3, -0.25) is 24.0 Å². The summed E-state index contributed by atoms with van der Waals surface area (Å²) < 4.78 is 38.6. The molecule has 66 heavy (non-hydrogen) atoms. The van der Waals surface area contributed by atoms with Crippen LogP contribution in [0.5, 0.6) is 11.5 Å². The van der Waals surface area contributed by atoms with Crippen molar-refractivity contribution in [1.29, 1.82) is 0 Å². The van der Waals surface area contributed by atoms with Crippen molar-refractivity contribution in [2.45, 2.75) is 82.6 Å². The van der Waals surface area contributed by atoms with Crippen molar-refractivity contribution in [1.82, 2.24) is 0 Å². The molecular formula is C49H56N2O15. The molecule has 1 unspecified atom stereocenters. The fourth-order valence-corrected chi connectivity index (χ4v) is 9.52. The summed E-state index contributed by atoms with van der Waals surface area (Å²) in [7, 11) is 4.45. The number of hydrogen-bond donors (Lipinski definition) is 5. The number of benzene rings is 5. The molecule has 5 aromatic rings. The van der Waals surface area contributed by atoms with Crippen molar-refractivity contribution >= 4 is 78.3 Å². The lowest BCUT2D eigenvalue weighted by molar-refractivity contribution is -0.146. The highest BCUT2D eigenvalue weighted by Gasteiger charge is 2.49. The Hall–Kier alpha value is -5.69. The molecule has 17 heteroatoms. The van der Waals surface area contributed by atoms with Gasteiger partial charge in [0.15, 0.2) is 22.4 Å². The van der Waals surface area contributed by atoms with Crippen LogP contribution >= 0.6 is 0 Å². The number of fused-ring (bicyclic) bond motifs is 1. The Bertz CT molecular complexity index is 2870. The van der Waals surface area contributed by atoms with Crippen molar-refractivity contribution in [2.24, 2.45) is 0 Å². The van der Waals surface area contributed by atoms with E-state index in [1.54, 1.807) is 21.1 Å². The van der Waals surface area contributed by atoms with Gasteiger partial charge in [0.05, 0.1) is 112 Å². The second-order valence-corrected chi connectivity index (χ2v) is 17.6. The van der Waals surface area contributed by atoms with Gasteiger partial charge in [-0.25, -0.2) is 0 Å². The van der Waals surface area contributed by atoms with Crippen molar-refractivity contribution in [3.05, 3.63) is 60.4 Å². The zero-order chi connectivity index (χ0) is 47.1. The first kappa shape index (κ1) is 46.8. The van der Waals surface area contributed by atoms with Crippen LogP contribution in [0.3, 0.4) is 0 Å². The molecule has 0 heterocycles. The number of aromatic hydroxyl groups is 1. The summed E-state index contributed by atoms with van der Waals surface area (Å²) in [6.45, 7) is 3.62. The average molecular weight is 913 g/mol. The number of carbonyl (C=O) groups excluding carboxylic acids is 3. The third-order valence-corrected chi connectivity index (χ3v) is 13.1. The maximum absolute atomic E-state index is 15.0. The number of nitrogens with one attached hydrogen (secondary N) is 2. The molecule has 0 saturated heterocycles. The third kappa shape index (κ3) is 8.48. The molecule has 2 saturated carbocycles. The predicted molar refractivity (Wildman–Crippen MR) is 246 cm³/mol. The molecule has 352 valence electrons. The summed E-state index contributed by atoms with van der Waals surface area (Å²) in [5.74, 6) is -2.82. The molecule has 3 aliphatic rings. The van der Waals surface area contributed by atoms with Gasteiger partial charge in [-0.15, -0.1) is 0 Å². The number of anilines is 2. The molecule has 0 radical (unpaired) electrons. The van der Waals surface area contributed by atoms with Crippen LogP contribution in [0.25, 0.3) is 49.2 Å². The molecule has 5 N–H and O–H groups in total. The highest BCUT2D eigenvalue weighted by Crippen LogP contribution is 2.58. The summed E-state index contributed by atoms with van der Waals surface area (Å²) in [5, 5.41) is 43.5. The molecular weight excluding hydrogens is 857 g/mol. The molecule has 0 aromatic heterocycles. The first-order valence-corrected chi connectivity index (χ1v) is 22.2. The highest BCUT2D eigenvalue weighted by atomic mass is 16.5. The smallest absolute Gasteiger partial charge is 0.308 e. The Morgan fingerprint density at radius 2 is 1.17 bits per heavy atom. The number of esters is 2. The maximum Gasteiger partial charge on any atom is 0.308 e. The van der Waals surface area contributed by atoms with E-state index in [1.165, 1.54) is 26.2 Å². The molecule has 17 nitrogen and oxygen atoms in total. The van der Waals surface area contributed by atoms with Gasteiger partial charge in [-0.1, -0.05) is 11.6 Å². The van der Waals surface area contributed by atoms with Gasteiger partial charge in [-0.2, -0.15) is 0 Å². The number of allylic oxidation sites excluding steroid dienone is 1. The fourth-order valence-electron chi connectivity index (χ4n) is 9.52. The lowest BCUT2D eigenvalue weighted by atomic mass is 9.79. The number of phenolic OH excluding ortho intramolecular Hbond substituents is 1. The molecule has 3 aliphatic carbocycles. The van der Waals surface area contributed by atoms with Crippen LogP contribution in [0.15, 0.2) is 27.3 Å². The summed E-state index contributed by atoms with van der Waals surface area (Å²) in [6.07, 6.45) is 4.16. The van der Waals surface area contributed by atoms with E-state index in [0.717, 1.165) is 0 Å². The number of phenols is 1. The minimum atomic E-state index is -1.01. The van der Waals surface area contributed by atoms with Crippen molar-refractivity contribution in [3.63, 3.8) is 0 Å². The second-order valence-electron chi connectivity index (χ2n) is 17.6. The van der Waals surface area contributed by atoms with Crippen LogP contribution in [0.2, 0.25) is 0 Å². The van der Waals surface area contributed by atoms with E-state index in [2.05, 4.69) is 10.6 Å². The van der Waals surface area contributed by atoms with Gasteiger partial charge in [0.2, 0.25) is 0 Å². The van der Waals surface area contributed by atoms with Crippen molar-refractivity contribution in [3.8, 4) is 11.5 Å². The Labute approximate surface area is 379 Å². The largest absolute Gasteiger partial charge is 0.504 e. The standard InChI is InChI=1S/C49H56N2O15/c1-25-18-29-37-40-35(36-28(22-53)20-31(56)39-41(36)42(37)43(34(25)26(2)54)47(62-5)46(39)59)27(21-52)19-30(55)38(40)45(51-49(10-11-49)24-66-33(58)7-13-64-17-15-61-4)44(29)50-48(8-9-48)23-65-32(57)6-12-63-16-14-60-3/h18-20,34,50-53,59H,6-17,21-24H2,1-5H3. The summed E-state index contributed by atoms with van der Waals surface area (Å²) in [5.41, 5.74) is -0.191. The molecule has 2 fully saturated rings. The van der Waals surface area contributed by atoms with E-state index in [0.29, 0.717) is 102 Å². The first-order valence-electron chi connectivity index (χ1n) is 22.2. The number of Topliss-reactive ketones (excluding diaryl/α,β-unsaturated/α-hetero) is 1. The highest BCUT2D eigenvalue weighted by molar-refractivity contribution is 6.40. The number of methoxy groups -OCH3 is 3. The lowest BCUT2D eigenvalue weighted by Crippen LogP contribution is -2.33. The van der Waals surface area contributed by atoms with Gasteiger partial charge >= 0.3 is 11.9 Å². The number of ketones is 1. The number of ether oxygens (including phenoxy) is 7. The number of carbonyl (C=O) groups is 3. The molecule has 1 atom stereocenters. The Morgan fingerprint density at radius 3 is 1.64 bits per heavy atom. The quantitative estimate of drug-likeness (QED) is 0.0243. The molecule has 0 aliphatic heterocycles. The van der Waals surface area contributed by atoms with E-state index in [-0.39, 0.29) is 83.7 Å². The van der Waals surface area contributed by atoms with Crippen LogP contribution in [-0.2, 0) is 56.0 Å². The number of aliphatic hydroxyl groups is 2. The summed E-state index contributed by atoms with van der Waals surface area (Å²) in [4.78, 5) is 69.1. The molecule has 8 rings (SSSR count). The van der Waals surface area contributed by atoms with Crippen LogP contribution in [-0.4, -0.2) is 118 Å². The van der Waals surface area contributed by atoms with Gasteiger partial charge in [0, 0.05) is 41.5 Å². The summed E-state index contributed by atoms with van der Waals surface area (Å²) in [6, 6.07) is 2.56. The zero-order valence-electron chi connectivity index (χ0n) is 37.9. The van der Waals surface area contributed by atoms with E-state index >= 15 is 0 Å². The Kier molecular flexibility index (Phi) is 13.4. The monoisotopic (exact) mass is 912 g/mol. The molecule has 0 amide bonds. The maximum atomic E-state index is 15.0. The number of aliphatic hydroxyl groups excluding tert-OH is 2.